The lowest BCUT2D eigenvalue weighted by molar-refractivity contribution is 0.185. The van der Waals surface area contributed by atoms with Crippen LogP contribution in [-0.4, -0.2) is 4.98 Å². The van der Waals surface area contributed by atoms with Crippen LogP contribution in [0, 0.1) is 0 Å². The van der Waals surface area contributed by atoms with Crippen molar-refractivity contribution in [3.05, 3.63) is 29.0 Å². The number of hydrogen-bond acceptors (Lipinski definition) is 1. The van der Waals surface area contributed by atoms with E-state index in [4.69, 9.17) is 11.6 Å². The van der Waals surface area contributed by atoms with Gasteiger partial charge < -0.3 is 0 Å². The summed E-state index contributed by atoms with van der Waals surface area (Å²) in [5.74, 6) is 0. The van der Waals surface area contributed by atoms with Crippen molar-refractivity contribution in [3.63, 3.8) is 0 Å². The molecule has 66 valence electrons. The minimum absolute atomic E-state index is 0.338. The highest BCUT2D eigenvalue weighted by atomic mass is 35.5. The van der Waals surface area contributed by atoms with E-state index in [1.165, 1.54) is 6.20 Å². The summed E-state index contributed by atoms with van der Waals surface area (Å²) in [6.45, 7) is 3.34. The van der Waals surface area contributed by atoms with Crippen LogP contribution in [0.3, 0.4) is 0 Å². The monoisotopic (exact) mass is 187 g/mol. The fourth-order valence-corrected chi connectivity index (χ4v) is 1.10. The molecule has 1 nitrogen and oxygen atoms in total. The average molecular weight is 188 g/mol. The lowest BCUT2D eigenvalue weighted by atomic mass is 9.97. The van der Waals surface area contributed by atoms with Crippen molar-refractivity contribution >= 4 is 11.6 Å². The largest absolute Gasteiger partial charge is 0.245 e. The molecule has 0 aliphatic rings. The third kappa shape index (κ3) is 1.95. The zero-order chi connectivity index (χ0) is 9.19. The van der Waals surface area contributed by atoms with Crippen LogP contribution in [0.15, 0.2) is 18.3 Å². The first kappa shape index (κ1) is 9.46. The summed E-state index contributed by atoms with van der Waals surface area (Å²) < 4.78 is 13.6. The van der Waals surface area contributed by atoms with Gasteiger partial charge >= 0.3 is 0 Å². The quantitative estimate of drug-likeness (QED) is 0.648. The first-order valence-electron chi connectivity index (χ1n) is 3.87. The zero-order valence-electron chi connectivity index (χ0n) is 7.14. The SMILES string of the molecule is CCC(C)(F)c1ccnc(Cl)c1. The van der Waals surface area contributed by atoms with E-state index >= 15 is 0 Å². The molecule has 1 rings (SSSR count). The van der Waals surface area contributed by atoms with Gasteiger partial charge in [0.1, 0.15) is 10.8 Å². The molecule has 0 bridgehead atoms. The predicted octanol–water partition coefficient (Wildman–Crippen LogP) is 3.33. The molecule has 0 amide bonds. The van der Waals surface area contributed by atoms with E-state index in [-0.39, 0.29) is 0 Å². The Kier molecular flexibility index (Phi) is 2.68. The predicted molar refractivity (Wildman–Crippen MR) is 48.0 cm³/mol. The topological polar surface area (TPSA) is 12.9 Å². The maximum absolute atomic E-state index is 13.6. The van der Waals surface area contributed by atoms with E-state index in [2.05, 4.69) is 4.98 Å². The number of alkyl halides is 1. The number of nitrogens with zero attached hydrogens (tertiary/aromatic N) is 1. The Hall–Kier alpha value is -0.630. The van der Waals surface area contributed by atoms with Crippen LogP contribution in [0.1, 0.15) is 25.8 Å². The summed E-state index contributed by atoms with van der Waals surface area (Å²) in [5, 5.41) is 0.338. The smallest absolute Gasteiger partial charge is 0.133 e. The van der Waals surface area contributed by atoms with Crippen LogP contribution in [0.5, 0.6) is 0 Å². The molecule has 1 heterocycles. The Labute approximate surface area is 76.6 Å². The fraction of sp³-hybridized carbons (Fsp3) is 0.444. The Bertz CT molecular complexity index is 273. The van der Waals surface area contributed by atoms with Gasteiger partial charge in [0.25, 0.3) is 0 Å². The molecule has 0 spiro atoms. The summed E-state index contributed by atoms with van der Waals surface area (Å²) >= 11 is 5.63. The Morgan fingerprint density at radius 1 is 1.67 bits per heavy atom. The van der Waals surface area contributed by atoms with Crippen molar-refractivity contribution in [2.45, 2.75) is 25.9 Å². The van der Waals surface area contributed by atoms with Crippen LogP contribution in [0.25, 0.3) is 0 Å². The van der Waals surface area contributed by atoms with Crippen LogP contribution < -0.4 is 0 Å². The second-order valence-corrected chi connectivity index (χ2v) is 3.31. The van der Waals surface area contributed by atoms with Crippen molar-refractivity contribution in [2.75, 3.05) is 0 Å². The molecule has 1 aromatic rings. The fourth-order valence-electron chi connectivity index (χ4n) is 0.931. The van der Waals surface area contributed by atoms with Crippen LogP contribution >= 0.6 is 11.6 Å². The second kappa shape index (κ2) is 3.40. The summed E-state index contributed by atoms with van der Waals surface area (Å²) in [6.07, 6.45) is 1.96. The standard InChI is InChI=1S/C9H11ClFN/c1-3-9(2,11)7-4-5-12-8(10)6-7/h4-6H,3H2,1-2H3. The van der Waals surface area contributed by atoms with Gasteiger partial charge in [-0.2, -0.15) is 0 Å². The van der Waals surface area contributed by atoms with Crippen LogP contribution in [0.2, 0.25) is 5.15 Å². The minimum atomic E-state index is -1.30. The maximum atomic E-state index is 13.6. The molecule has 0 fully saturated rings. The first-order valence-corrected chi connectivity index (χ1v) is 4.25. The van der Waals surface area contributed by atoms with E-state index < -0.39 is 5.67 Å². The van der Waals surface area contributed by atoms with Gasteiger partial charge in [0.2, 0.25) is 0 Å². The van der Waals surface area contributed by atoms with Gasteiger partial charge in [-0.3, -0.25) is 0 Å². The molecule has 1 unspecified atom stereocenters. The highest BCUT2D eigenvalue weighted by Crippen LogP contribution is 2.29. The molecule has 1 atom stereocenters. The molecule has 1 aromatic heterocycles. The molecule has 0 aliphatic heterocycles. The highest BCUT2D eigenvalue weighted by Gasteiger charge is 2.23. The normalized spacial score (nSPS) is 15.7. The van der Waals surface area contributed by atoms with Gasteiger partial charge in [-0.1, -0.05) is 18.5 Å². The van der Waals surface area contributed by atoms with Crippen LogP contribution in [-0.2, 0) is 5.67 Å². The number of halogens is 2. The highest BCUT2D eigenvalue weighted by molar-refractivity contribution is 6.29. The Morgan fingerprint density at radius 3 is 2.83 bits per heavy atom. The van der Waals surface area contributed by atoms with Gasteiger partial charge in [-0.25, -0.2) is 9.37 Å². The summed E-state index contributed by atoms with van der Waals surface area (Å²) in [7, 11) is 0. The van der Waals surface area contributed by atoms with Crippen LogP contribution in [0.4, 0.5) is 4.39 Å². The van der Waals surface area contributed by atoms with Crippen molar-refractivity contribution in [1.82, 2.24) is 4.98 Å². The molecule has 12 heavy (non-hydrogen) atoms. The Morgan fingerprint density at radius 2 is 2.33 bits per heavy atom. The summed E-state index contributed by atoms with van der Waals surface area (Å²) in [6, 6.07) is 3.21. The second-order valence-electron chi connectivity index (χ2n) is 2.92. The number of hydrogen-bond donors (Lipinski definition) is 0. The van der Waals surface area contributed by atoms with Gasteiger partial charge in [0.05, 0.1) is 0 Å². The van der Waals surface area contributed by atoms with Gasteiger partial charge in [0, 0.05) is 6.20 Å². The maximum Gasteiger partial charge on any atom is 0.133 e. The molecule has 0 aliphatic carbocycles. The van der Waals surface area contributed by atoms with Gasteiger partial charge in [-0.05, 0) is 31.0 Å². The zero-order valence-corrected chi connectivity index (χ0v) is 7.90. The molecule has 0 saturated carbocycles. The van der Waals surface area contributed by atoms with Crippen molar-refractivity contribution in [1.29, 1.82) is 0 Å². The number of aromatic nitrogens is 1. The van der Waals surface area contributed by atoms with E-state index in [1.54, 1.807) is 26.0 Å². The molecule has 0 aromatic carbocycles. The van der Waals surface area contributed by atoms with E-state index in [1.807, 2.05) is 0 Å². The van der Waals surface area contributed by atoms with E-state index in [0.717, 1.165) is 0 Å². The molecule has 0 saturated heterocycles. The number of rotatable bonds is 2. The lowest BCUT2D eigenvalue weighted by Gasteiger charge is -2.18. The van der Waals surface area contributed by atoms with Gasteiger partial charge in [0.15, 0.2) is 0 Å². The molecular weight excluding hydrogens is 177 g/mol. The summed E-state index contributed by atoms with van der Waals surface area (Å²) in [5.41, 5.74) is -0.711. The van der Waals surface area contributed by atoms with Gasteiger partial charge in [-0.15, -0.1) is 0 Å². The van der Waals surface area contributed by atoms with E-state index in [9.17, 15) is 4.39 Å². The molecule has 0 N–H and O–H groups in total. The lowest BCUT2D eigenvalue weighted by Crippen LogP contribution is -2.13. The van der Waals surface area contributed by atoms with Crippen molar-refractivity contribution < 1.29 is 4.39 Å². The van der Waals surface area contributed by atoms with Crippen molar-refractivity contribution in [3.8, 4) is 0 Å². The molecule has 3 heteroatoms. The Balaban J connectivity index is 3.03. The molecule has 0 radical (unpaired) electrons. The first-order chi connectivity index (χ1) is 5.56. The van der Waals surface area contributed by atoms with Crippen molar-refractivity contribution in [2.24, 2.45) is 0 Å². The molecular formula is C9H11ClFN. The minimum Gasteiger partial charge on any atom is -0.245 e. The average Bonchev–Trinajstić information content (AvgIpc) is 2.05. The summed E-state index contributed by atoms with van der Waals surface area (Å²) in [4.78, 5) is 3.79. The number of pyridine rings is 1. The van der Waals surface area contributed by atoms with E-state index in [0.29, 0.717) is 17.1 Å². The third-order valence-corrected chi connectivity index (χ3v) is 2.20. The third-order valence-electron chi connectivity index (χ3n) is 1.99.